The van der Waals surface area contributed by atoms with Gasteiger partial charge in [0.05, 0.1) is 14.2 Å². The summed E-state index contributed by atoms with van der Waals surface area (Å²) in [4.78, 5) is 12.1. The number of methoxy groups -OCH3 is 2. The van der Waals surface area contributed by atoms with E-state index in [1.807, 2.05) is 0 Å². The first-order valence-electron chi connectivity index (χ1n) is 6.67. The molecule has 4 nitrogen and oxygen atoms in total. The zero-order valence-corrected chi connectivity index (χ0v) is 12.1. The molecule has 0 aliphatic rings. The fourth-order valence-electron chi connectivity index (χ4n) is 2.05. The van der Waals surface area contributed by atoms with Crippen LogP contribution in [-0.4, -0.2) is 25.1 Å². The lowest BCUT2D eigenvalue weighted by atomic mass is 10.0. The number of phenolic OH excluding ortho intramolecular Hbond substituents is 1. The monoisotopic (exact) mass is 286 g/mol. The highest BCUT2D eigenvalue weighted by atomic mass is 16.5. The van der Waals surface area contributed by atoms with E-state index in [-0.39, 0.29) is 11.5 Å². The molecule has 2 aromatic carbocycles. The van der Waals surface area contributed by atoms with Gasteiger partial charge in [0.15, 0.2) is 5.78 Å². The van der Waals surface area contributed by atoms with Crippen LogP contribution in [0.3, 0.4) is 0 Å². The van der Waals surface area contributed by atoms with Crippen LogP contribution in [0, 0.1) is 0 Å². The molecular formula is C17H18O4. The Hall–Kier alpha value is -2.49. The quantitative estimate of drug-likeness (QED) is 0.828. The second-order valence-corrected chi connectivity index (χ2v) is 4.65. The van der Waals surface area contributed by atoms with Gasteiger partial charge in [0, 0.05) is 18.1 Å². The standard InChI is InChI=1S/C17H18O4/c1-20-14-7-3-12(4-8-14)16(18)10-6-13-5-9-15(21-2)11-17(13)19/h3-5,7-9,11,19H,6,10H2,1-2H3. The average molecular weight is 286 g/mol. The second-order valence-electron chi connectivity index (χ2n) is 4.65. The Morgan fingerprint density at radius 1 is 1.00 bits per heavy atom. The number of hydrogen-bond acceptors (Lipinski definition) is 4. The van der Waals surface area contributed by atoms with Crippen LogP contribution in [0.2, 0.25) is 0 Å². The zero-order valence-electron chi connectivity index (χ0n) is 12.1. The molecule has 0 saturated carbocycles. The highest BCUT2D eigenvalue weighted by Gasteiger charge is 2.09. The predicted octanol–water partition coefficient (Wildman–Crippen LogP) is 3.22. The SMILES string of the molecule is COc1ccc(C(=O)CCc2ccc(OC)cc2O)cc1. The Kier molecular flexibility index (Phi) is 4.82. The molecule has 21 heavy (non-hydrogen) atoms. The van der Waals surface area contributed by atoms with Crippen molar-refractivity contribution in [2.24, 2.45) is 0 Å². The van der Waals surface area contributed by atoms with Crippen LogP contribution < -0.4 is 9.47 Å². The maximum atomic E-state index is 12.1. The van der Waals surface area contributed by atoms with Gasteiger partial charge in [-0.3, -0.25) is 4.79 Å². The minimum absolute atomic E-state index is 0.0351. The maximum Gasteiger partial charge on any atom is 0.163 e. The van der Waals surface area contributed by atoms with Gasteiger partial charge in [-0.15, -0.1) is 0 Å². The highest BCUT2D eigenvalue weighted by Crippen LogP contribution is 2.25. The average Bonchev–Trinajstić information content (AvgIpc) is 2.53. The topological polar surface area (TPSA) is 55.8 Å². The maximum absolute atomic E-state index is 12.1. The molecule has 2 rings (SSSR count). The number of aromatic hydroxyl groups is 1. The predicted molar refractivity (Wildman–Crippen MR) is 80.3 cm³/mol. The molecule has 0 aliphatic carbocycles. The van der Waals surface area contributed by atoms with Gasteiger partial charge in [0.2, 0.25) is 0 Å². The Labute approximate surface area is 123 Å². The number of carbonyl (C=O) groups is 1. The number of benzene rings is 2. The van der Waals surface area contributed by atoms with Crippen molar-refractivity contribution >= 4 is 5.78 Å². The van der Waals surface area contributed by atoms with Crippen molar-refractivity contribution in [1.29, 1.82) is 0 Å². The highest BCUT2D eigenvalue weighted by molar-refractivity contribution is 5.96. The molecule has 0 heterocycles. The summed E-state index contributed by atoms with van der Waals surface area (Å²) in [6.07, 6.45) is 0.826. The van der Waals surface area contributed by atoms with E-state index in [1.165, 1.54) is 0 Å². The Bertz CT molecular complexity index is 617. The second kappa shape index (κ2) is 6.79. The largest absolute Gasteiger partial charge is 0.508 e. The van der Waals surface area contributed by atoms with Gasteiger partial charge in [0.25, 0.3) is 0 Å². The van der Waals surface area contributed by atoms with Crippen molar-refractivity contribution < 1.29 is 19.4 Å². The van der Waals surface area contributed by atoms with E-state index < -0.39 is 0 Å². The first-order valence-corrected chi connectivity index (χ1v) is 6.67. The smallest absolute Gasteiger partial charge is 0.163 e. The summed E-state index contributed by atoms with van der Waals surface area (Å²) in [7, 11) is 3.13. The molecule has 0 amide bonds. The molecule has 1 N–H and O–H groups in total. The molecule has 0 saturated heterocycles. The Morgan fingerprint density at radius 2 is 1.62 bits per heavy atom. The molecule has 0 aliphatic heterocycles. The summed E-state index contributed by atoms with van der Waals surface area (Å²) < 4.78 is 10.1. The summed E-state index contributed by atoms with van der Waals surface area (Å²) in [5.74, 6) is 1.50. The van der Waals surface area contributed by atoms with Crippen molar-refractivity contribution in [3.63, 3.8) is 0 Å². The Morgan fingerprint density at radius 3 is 2.19 bits per heavy atom. The molecular weight excluding hydrogens is 268 g/mol. The van der Waals surface area contributed by atoms with Crippen molar-refractivity contribution in [3.05, 3.63) is 53.6 Å². The number of carbonyl (C=O) groups excluding carboxylic acids is 1. The Balaban J connectivity index is 2.00. The number of hydrogen-bond donors (Lipinski definition) is 1. The zero-order chi connectivity index (χ0) is 15.2. The first-order chi connectivity index (χ1) is 10.1. The molecule has 0 atom stereocenters. The number of rotatable bonds is 6. The van der Waals surface area contributed by atoms with Crippen molar-refractivity contribution in [2.45, 2.75) is 12.8 Å². The van der Waals surface area contributed by atoms with E-state index in [1.54, 1.807) is 56.7 Å². The van der Waals surface area contributed by atoms with E-state index in [9.17, 15) is 9.90 Å². The van der Waals surface area contributed by atoms with E-state index in [4.69, 9.17) is 9.47 Å². The fraction of sp³-hybridized carbons (Fsp3) is 0.235. The van der Waals surface area contributed by atoms with Gasteiger partial charge in [-0.2, -0.15) is 0 Å². The molecule has 0 radical (unpaired) electrons. The molecule has 0 fully saturated rings. The van der Waals surface area contributed by atoms with Crippen LogP contribution >= 0.6 is 0 Å². The van der Waals surface area contributed by atoms with Crippen molar-refractivity contribution in [2.75, 3.05) is 14.2 Å². The number of aryl methyl sites for hydroxylation is 1. The lowest BCUT2D eigenvalue weighted by Crippen LogP contribution is -2.01. The molecule has 0 bridgehead atoms. The number of ketones is 1. The van der Waals surface area contributed by atoms with Crippen LogP contribution in [-0.2, 0) is 6.42 Å². The number of Topliss-reactive ketones (excluding diaryl/α,β-unsaturated/α-hetero) is 1. The molecule has 110 valence electrons. The van der Waals surface area contributed by atoms with Crippen LogP contribution in [0.5, 0.6) is 17.2 Å². The summed E-state index contributed by atoms with van der Waals surface area (Å²) in [6, 6.07) is 12.1. The number of ether oxygens (including phenoxy) is 2. The molecule has 4 heteroatoms. The van der Waals surface area contributed by atoms with Gasteiger partial charge in [-0.1, -0.05) is 6.07 Å². The van der Waals surface area contributed by atoms with E-state index in [2.05, 4.69) is 0 Å². The molecule has 2 aromatic rings. The van der Waals surface area contributed by atoms with Gasteiger partial charge in [-0.05, 0) is 42.3 Å². The third-order valence-corrected chi connectivity index (χ3v) is 3.33. The lowest BCUT2D eigenvalue weighted by molar-refractivity contribution is 0.0982. The van der Waals surface area contributed by atoms with E-state index >= 15 is 0 Å². The van der Waals surface area contributed by atoms with Crippen LogP contribution in [0.15, 0.2) is 42.5 Å². The minimum atomic E-state index is 0.0351. The van der Waals surface area contributed by atoms with Crippen molar-refractivity contribution in [1.82, 2.24) is 0 Å². The van der Waals surface area contributed by atoms with E-state index in [0.717, 1.165) is 11.3 Å². The molecule has 0 aromatic heterocycles. The van der Waals surface area contributed by atoms with E-state index in [0.29, 0.717) is 24.2 Å². The summed E-state index contributed by atoms with van der Waals surface area (Å²) >= 11 is 0. The third kappa shape index (κ3) is 3.75. The van der Waals surface area contributed by atoms with Crippen LogP contribution in [0.4, 0.5) is 0 Å². The summed E-state index contributed by atoms with van der Waals surface area (Å²) in [5.41, 5.74) is 1.38. The van der Waals surface area contributed by atoms with Gasteiger partial charge in [0.1, 0.15) is 17.2 Å². The van der Waals surface area contributed by atoms with Gasteiger partial charge < -0.3 is 14.6 Å². The van der Waals surface area contributed by atoms with Crippen LogP contribution in [0.25, 0.3) is 0 Å². The lowest BCUT2D eigenvalue weighted by Gasteiger charge is -2.07. The normalized spacial score (nSPS) is 10.2. The summed E-state index contributed by atoms with van der Waals surface area (Å²) in [6.45, 7) is 0. The summed E-state index contributed by atoms with van der Waals surface area (Å²) in [5, 5.41) is 9.87. The van der Waals surface area contributed by atoms with Crippen molar-refractivity contribution in [3.8, 4) is 17.2 Å². The number of phenols is 1. The van der Waals surface area contributed by atoms with Gasteiger partial charge in [-0.25, -0.2) is 0 Å². The van der Waals surface area contributed by atoms with Gasteiger partial charge >= 0.3 is 0 Å². The fourth-order valence-corrected chi connectivity index (χ4v) is 2.05. The minimum Gasteiger partial charge on any atom is -0.508 e. The van der Waals surface area contributed by atoms with Crippen LogP contribution in [0.1, 0.15) is 22.3 Å². The molecule has 0 spiro atoms. The third-order valence-electron chi connectivity index (χ3n) is 3.33. The first kappa shape index (κ1) is 14.9. The molecule has 0 unspecified atom stereocenters.